The van der Waals surface area contributed by atoms with Gasteiger partial charge in [-0.3, -0.25) is 0 Å². The minimum absolute atomic E-state index is 0.0632. The van der Waals surface area contributed by atoms with Gasteiger partial charge < -0.3 is 15.3 Å². The zero-order valence-corrected chi connectivity index (χ0v) is 15.2. The summed E-state index contributed by atoms with van der Waals surface area (Å²) in [6, 6.07) is 10.1. The number of anilines is 2. The van der Waals surface area contributed by atoms with Gasteiger partial charge in [0, 0.05) is 19.3 Å². The van der Waals surface area contributed by atoms with E-state index < -0.39 is 0 Å². The minimum atomic E-state index is -0.193. The van der Waals surface area contributed by atoms with Gasteiger partial charge in [-0.2, -0.15) is 10.1 Å². The van der Waals surface area contributed by atoms with Gasteiger partial charge in [0.05, 0.1) is 17.8 Å². The Morgan fingerprint density at radius 3 is 2.63 bits per heavy atom. The fraction of sp³-hybridized carbons (Fsp3) is 0.368. The summed E-state index contributed by atoms with van der Waals surface area (Å²) in [6.07, 6.45) is 6.33. The molecule has 1 saturated heterocycles. The minimum Gasteiger partial charge on any atom is -0.393 e. The van der Waals surface area contributed by atoms with Gasteiger partial charge in [0.2, 0.25) is 5.95 Å². The number of benzene rings is 1. The van der Waals surface area contributed by atoms with Crippen molar-refractivity contribution < 1.29 is 5.11 Å². The lowest BCUT2D eigenvalue weighted by atomic mass is 10.1. The maximum Gasteiger partial charge on any atom is 0.225 e. The molecule has 3 heterocycles. The first-order chi connectivity index (χ1) is 13.2. The molecule has 27 heavy (non-hydrogen) atoms. The molecule has 0 spiro atoms. The summed E-state index contributed by atoms with van der Waals surface area (Å²) in [7, 11) is 0. The molecule has 2 aromatic heterocycles. The first kappa shape index (κ1) is 17.4. The Hall–Kier alpha value is -3.00. The van der Waals surface area contributed by atoms with Crippen molar-refractivity contribution in [3.05, 3.63) is 54.7 Å². The molecule has 1 fully saturated rings. The van der Waals surface area contributed by atoms with Crippen LogP contribution in [0.2, 0.25) is 0 Å². The van der Waals surface area contributed by atoms with E-state index in [0.717, 1.165) is 43.0 Å². The van der Waals surface area contributed by atoms with Crippen molar-refractivity contribution in [2.75, 3.05) is 23.3 Å². The van der Waals surface area contributed by atoms with E-state index in [2.05, 4.69) is 49.3 Å². The lowest BCUT2D eigenvalue weighted by Gasteiger charge is -2.30. The van der Waals surface area contributed by atoms with E-state index in [1.807, 2.05) is 18.2 Å². The van der Waals surface area contributed by atoms with E-state index in [1.54, 1.807) is 17.2 Å². The smallest absolute Gasteiger partial charge is 0.225 e. The second-order valence-electron chi connectivity index (χ2n) is 6.75. The van der Waals surface area contributed by atoms with Crippen LogP contribution < -0.4 is 10.2 Å². The van der Waals surface area contributed by atoms with Crippen molar-refractivity contribution >= 4 is 11.8 Å². The predicted molar refractivity (Wildman–Crippen MR) is 103 cm³/mol. The number of aromatic nitrogens is 5. The van der Waals surface area contributed by atoms with E-state index in [1.165, 1.54) is 6.33 Å². The molecule has 1 atom stereocenters. The summed E-state index contributed by atoms with van der Waals surface area (Å²) in [5, 5.41) is 17.2. The van der Waals surface area contributed by atoms with Gasteiger partial charge >= 0.3 is 0 Å². The van der Waals surface area contributed by atoms with Crippen LogP contribution >= 0.6 is 0 Å². The summed E-state index contributed by atoms with van der Waals surface area (Å²) >= 11 is 0. The second kappa shape index (κ2) is 7.71. The topological polar surface area (TPSA) is 92.0 Å². The van der Waals surface area contributed by atoms with Crippen molar-refractivity contribution in [2.24, 2.45) is 0 Å². The number of rotatable bonds is 5. The lowest BCUT2D eigenvalue weighted by Crippen LogP contribution is -2.36. The van der Waals surface area contributed by atoms with Crippen LogP contribution in [0.5, 0.6) is 0 Å². The summed E-state index contributed by atoms with van der Waals surface area (Å²) in [6.45, 7) is 3.71. The normalized spacial score (nSPS) is 16.3. The van der Waals surface area contributed by atoms with Gasteiger partial charge in [0.1, 0.15) is 18.5 Å². The molecule has 3 aromatic rings. The maximum absolute atomic E-state index is 9.67. The summed E-state index contributed by atoms with van der Waals surface area (Å²) in [5.41, 5.74) is 2.10. The highest BCUT2D eigenvalue weighted by Crippen LogP contribution is 2.22. The molecule has 1 aliphatic heterocycles. The third kappa shape index (κ3) is 4.06. The van der Waals surface area contributed by atoms with Crippen LogP contribution in [0, 0.1) is 0 Å². The van der Waals surface area contributed by atoms with Crippen LogP contribution in [0.15, 0.2) is 49.2 Å². The van der Waals surface area contributed by atoms with E-state index in [9.17, 15) is 5.11 Å². The van der Waals surface area contributed by atoms with Gasteiger partial charge in [0.25, 0.3) is 0 Å². The summed E-state index contributed by atoms with van der Waals surface area (Å²) in [4.78, 5) is 15.2. The van der Waals surface area contributed by atoms with Crippen molar-refractivity contribution in [2.45, 2.75) is 31.9 Å². The molecule has 2 N–H and O–H groups in total. The molecular formula is C19H23N7O. The Morgan fingerprint density at radius 1 is 1.15 bits per heavy atom. The second-order valence-corrected chi connectivity index (χ2v) is 6.75. The number of nitrogens with zero attached hydrogens (tertiary/aromatic N) is 6. The quantitative estimate of drug-likeness (QED) is 0.716. The Kier molecular flexibility index (Phi) is 4.97. The van der Waals surface area contributed by atoms with Crippen molar-refractivity contribution in [1.29, 1.82) is 0 Å². The maximum atomic E-state index is 9.67. The SMILES string of the molecule is C[C@@H](Nc1nccc(N2CCC(O)CC2)n1)c1ccc(-n2cncn2)cc1. The zero-order valence-electron chi connectivity index (χ0n) is 15.2. The standard InChI is InChI=1S/C19H23N7O/c1-14(15-2-4-16(5-3-15)26-13-20-12-22-26)23-19-21-9-6-18(24-19)25-10-7-17(27)8-11-25/h2-6,9,12-14,17,27H,7-8,10-11H2,1H3,(H,21,23,24)/t14-/m1/s1. The molecule has 4 rings (SSSR count). The highest BCUT2D eigenvalue weighted by atomic mass is 16.3. The van der Waals surface area contributed by atoms with Crippen LogP contribution in [0.3, 0.4) is 0 Å². The fourth-order valence-electron chi connectivity index (χ4n) is 3.22. The Bertz CT molecular complexity index is 858. The van der Waals surface area contributed by atoms with Gasteiger partial charge in [-0.25, -0.2) is 14.6 Å². The predicted octanol–water partition coefficient (Wildman–Crippen LogP) is 2.19. The highest BCUT2D eigenvalue weighted by Gasteiger charge is 2.18. The fourth-order valence-corrected chi connectivity index (χ4v) is 3.22. The average Bonchev–Trinajstić information content (AvgIpc) is 3.24. The number of aliphatic hydroxyl groups excluding tert-OH is 1. The van der Waals surface area contributed by atoms with Crippen LogP contribution in [0.4, 0.5) is 11.8 Å². The average molecular weight is 365 g/mol. The number of nitrogens with one attached hydrogen (secondary N) is 1. The number of piperidine rings is 1. The molecule has 1 aromatic carbocycles. The number of hydrogen-bond donors (Lipinski definition) is 2. The van der Waals surface area contributed by atoms with Crippen LogP contribution in [0.1, 0.15) is 31.4 Å². The first-order valence-corrected chi connectivity index (χ1v) is 9.16. The monoisotopic (exact) mass is 365 g/mol. The van der Waals surface area contributed by atoms with Crippen LogP contribution in [0.25, 0.3) is 5.69 Å². The Balaban J connectivity index is 1.43. The molecule has 0 amide bonds. The van der Waals surface area contributed by atoms with Gasteiger partial charge in [-0.1, -0.05) is 12.1 Å². The third-order valence-electron chi connectivity index (χ3n) is 4.85. The molecular weight excluding hydrogens is 342 g/mol. The van der Waals surface area contributed by atoms with E-state index >= 15 is 0 Å². The highest BCUT2D eigenvalue weighted by molar-refractivity contribution is 5.44. The number of aliphatic hydroxyl groups is 1. The molecule has 0 bridgehead atoms. The van der Waals surface area contributed by atoms with Crippen molar-refractivity contribution in [1.82, 2.24) is 24.7 Å². The zero-order chi connectivity index (χ0) is 18.6. The largest absolute Gasteiger partial charge is 0.393 e. The Morgan fingerprint density at radius 2 is 1.93 bits per heavy atom. The van der Waals surface area contributed by atoms with Crippen LogP contribution in [-0.4, -0.2) is 49.0 Å². The van der Waals surface area contributed by atoms with Crippen molar-refractivity contribution in [3.63, 3.8) is 0 Å². The third-order valence-corrected chi connectivity index (χ3v) is 4.85. The number of hydrogen-bond acceptors (Lipinski definition) is 7. The molecule has 0 unspecified atom stereocenters. The molecule has 8 nitrogen and oxygen atoms in total. The van der Waals surface area contributed by atoms with E-state index in [-0.39, 0.29) is 12.1 Å². The van der Waals surface area contributed by atoms with E-state index in [4.69, 9.17) is 0 Å². The van der Waals surface area contributed by atoms with E-state index in [0.29, 0.717) is 5.95 Å². The van der Waals surface area contributed by atoms with Crippen molar-refractivity contribution in [3.8, 4) is 5.69 Å². The molecule has 140 valence electrons. The summed E-state index contributed by atoms with van der Waals surface area (Å²) in [5.74, 6) is 1.50. The molecule has 8 heteroatoms. The lowest BCUT2D eigenvalue weighted by molar-refractivity contribution is 0.145. The molecule has 0 aliphatic carbocycles. The first-order valence-electron chi connectivity index (χ1n) is 9.16. The molecule has 0 radical (unpaired) electrons. The molecule has 1 aliphatic rings. The Labute approximate surface area is 157 Å². The summed E-state index contributed by atoms with van der Waals surface area (Å²) < 4.78 is 1.73. The van der Waals surface area contributed by atoms with Gasteiger partial charge in [-0.15, -0.1) is 0 Å². The van der Waals surface area contributed by atoms with Crippen LogP contribution in [-0.2, 0) is 0 Å². The van der Waals surface area contributed by atoms with Gasteiger partial charge in [0.15, 0.2) is 0 Å². The molecule has 0 saturated carbocycles. The van der Waals surface area contributed by atoms with Gasteiger partial charge in [-0.05, 0) is 43.5 Å².